The van der Waals surface area contributed by atoms with Crippen molar-refractivity contribution in [1.29, 1.82) is 0 Å². The highest BCUT2D eigenvalue weighted by molar-refractivity contribution is 7.46. The number of phosphoric acid groups is 1. The molecule has 30 heavy (non-hydrogen) atoms. The van der Waals surface area contributed by atoms with Crippen LogP contribution in [0.3, 0.4) is 0 Å². The fourth-order valence-corrected chi connectivity index (χ4v) is 5.20. The zero-order valence-corrected chi connectivity index (χ0v) is 19.6. The van der Waals surface area contributed by atoms with Crippen LogP contribution in [0.15, 0.2) is 0 Å². The minimum Gasteiger partial charge on any atom is -0.746 e. The van der Waals surface area contributed by atoms with E-state index in [0.29, 0.717) is 12.8 Å². The largest absolute Gasteiger partial charge is 0.746 e. The Labute approximate surface area is 179 Å². The Morgan fingerprint density at radius 1 is 1.13 bits per heavy atom. The monoisotopic (exact) mass is 451 g/mol. The average Bonchev–Trinajstić information content (AvgIpc) is 3.10. The molecule has 0 aromatic carbocycles. The molecule has 8 atom stereocenters. The van der Waals surface area contributed by atoms with Crippen LogP contribution in [0, 0.1) is 17.8 Å². The van der Waals surface area contributed by atoms with Crippen molar-refractivity contribution in [2.45, 2.75) is 91.0 Å². The van der Waals surface area contributed by atoms with Crippen molar-refractivity contribution in [2.75, 3.05) is 13.2 Å². The van der Waals surface area contributed by atoms with E-state index in [1.807, 2.05) is 34.6 Å². The van der Waals surface area contributed by atoms with Gasteiger partial charge >= 0.3 is 13.8 Å². The van der Waals surface area contributed by atoms with Crippen molar-refractivity contribution in [2.24, 2.45) is 17.8 Å². The molecule has 0 spiro atoms. The quantitative estimate of drug-likeness (QED) is 0.497. The Hall–Kier alpha value is -0.540. The van der Waals surface area contributed by atoms with E-state index in [1.165, 1.54) is 0 Å². The van der Waals surface area contributed by atoms with Crippen LogP contribution in [0.1, 0.15) is 54.4 Å². The van der Waals surface area contributed by atoms with E-state index in [9.17, 15) is 19.4 Å². The van der Waals surface area contributed by atoms with Crippen molar-refractivity contribution < 1.29 is 42.6 Å². The zero-order valence-electron chi connectivity index (χ0n) is 18.7. The molecular weight excluding hydrogens is 415 g/mol. The molecule has 176 valence electrons. The molecule has 0 aromatic rings. The van der Waals surface area contributed by atoms with E-state index >= 15 is 0 Å². The van der Waals surface area contributed by atoms with Crippen LogP contribution in [-0.4, -0.2) is 60.9 Å². The van der Waals surface area contributed by atoms with Crippen molar-refractivity contribution in [1.82, 2.24) is 0 Å². The number of phosphoric ester groups is 1. The number of hydrogen-bond acceptors (Lipinski definition) is 9. The molecule has 1 heterocycles. The van der Waals surface area contributed by atoms with Gasteiger partial charge in [-0.05, 0) is 52.9 Å². The van der Waals surface area contributed by atoms with Gasteiger partial charge in [0.2, 0.25) is 0 Å². The summed E-state index contributed by atoms with van der Waals surface area (Å²) < 4.78 is 39.4. The van der Waals surface area contributed by atoms with Crippen LogP contribution < -0.4 is 4.89 Å². The summed E-state index contributed by atoms with van der Waals surface area (Å²) in [6.45, 7) is 11.3. The first-order chi connectivity index (χ1) is 13.9. The van der Waals surface area contributed by atoms with Gasteiger partial charge in [-0.15, -0.1) is 0 Å². The number of ether oxygens (including phenoxy) is 3. The minimum atomic E-state index is -4.95. The lowest BCUT2D eigenvalue weighted by molar-refractivity contribution is -0.232. The third-order valence-corrected chi connectivity index (χ3v) is 6.55. The highest BCUT2D eigenvalue weighted by Gasteiger charge is 2.45. The van der Waals surface area contributed by atoms with E-state index in [2.05, 4.69) is 0 Å². The molecule has 1 saturated heterocycles. The second-order valence-corrected chi connectivity index (χ2v) is 10.2. The van der Waals surface area contributed by atoms with Crippen LogP contribution in [0.25, 0.3) is 0 Å². The van der Waals surface area contributed by atoms with Crippen LogP contribution in [0.5, 0.6) is 0 Å². The summed E-state index contributed by atoms with van der Waals surface area (Å²) in [5.74, 6) is -1.48. The lowest BCUT2D eigenvalue weighted by atomic mass is 9.91. The van der Waals surface area contributed by atoms with Gasteiger partial charge in [-0.3, -0.25) is 4.57 Å². The van der Waals surface area contributed by atoms with Gasteiger partial charge in [0.1, 0.15) is 0 Å². The summed E-state index contributed by atoms with van der Waals surface area (Å²) in [4.78, 5) is 25.0. The molecule has 2 rings (SSSR count). The van der Waals surface area contributed by atoms with Crippen molar-refractivity contribution in [3.8, 4) is 0 Å². The Morgan fingerprint density at radius 2 is 1.80 bits per heavy atom. The van der Waals surface area contributed by atoms with Crippen molar-refractivity contribution in [3.05, 3.63) is 0 Å². The molecule has 1 N–H and O–H groups in total. The Kier molecular flexibility index (Phi) is 9.31. The Balaban J connectivity index is 2.03. The molecule has 0 bridgehead atoms. The first-order valence-electron chi connectivity index (χ1n) is 10.7. The maximum atomic E-state index is 12.5. The number of carbonyl (C=O) groups is 1. The maximum Gasteiger partial charge on any atom is 0.343 e. The van der Waals surface area contributed by atoms with E-state index in [1.54, 1.807) is 6.92 Å². The van der Waals surface area contributed by atoms with Crippen LogP contribution in [0.4, 0.5) is 0 Å². The standard InChI is InChI=1S/C20H37O9P/c1-11(2)25-10-16-15(9-21)13(5)7-17(16)28-30(23,24)29-20(22)19-18(26-12(3)4)8-14(6)27-19/h11-19,21H,7-10H2,1-6H3,(H,23,24)/p-1. The molecule has 1 saturated carbocycles. The van der Waals surface area contributed by atoms with Gasteiger partial charge in [-0.1, -0.05) is 6.92 Å². The summed E-state index contributed by atoms with van der Waals surface area (Å²) in [5, 5.41) is 9.73. The van der Waals surface area contributed by atoms with Gasteiger partial charge < -0.3 is 33.3 Å². The first-order valence-corrected chi connectivity index (χ1v) is 12.2. The summed E-state index contributed by atoms with van der Waals surface area (Å²) in [6.07, 6.45) is -2.00. The molecule has 9 nitrogen and oxygen atoms in total. The van der Waals surface area contributed by atoms with Crippen molar-refractivity contribution >= 4 is 13.8 Å². The number of rotatable bonds is 10. The Morgan fingerprint density at radius 3 is 2.37 bits per heavy atom. The number of carbonyl (C=O) groups excluding carboxylic acids is 1. The maximum absolute atomic E-state index is 12.5. The van der Waals surface area contributed by atoms with Crippen LogP contribution in [0.2, 0.25) is 0 Å². The van der Waals surface area contributed by atoms with Gasteiger partial charge in [-0.25, -0.2) is 4.79 Å². The van der Waals surface area contributed by atoms with Crippen LogP contribution in [-0.2, 0) is 32.6 Å². The molecular formula is C20H36O9P-. The third-order valence-electron chi connectivity index (χ3n) is 5.62. The highest BCUT2D eigenvalue weighted by atomic mass is 31.2. The smallest absolute Gasteiger partial charge is 0.343 e. The summed E-state index contributed by atoms with van der Waals surface area (Å²) >= 11 is 0. The predicted octanol–water partition coefficient (Wildman–Crippen LogP) is 2.04. The number of aliphatic hydroxyl groups is 1. The molecule has 0 radical (unpaired) electrons. The second-order valence-electron chi connectivity index (χ2n) is 8.93. The molecule has 1 aliphatic heterocycles. The summed E-state index contributed by atoms with van der Waals surface area (Å²) in [7, 11) is -4.95. The Bertz CT molecular complexity index is 611. The molecule has 0 amide bonds. The topological polar surface area (TPSA) is 124 Å². The van der Waals surface area contributed by atoms with Crippen LogP contribution >= 0.6 is 7.82 Å². The van der Waals surface area contributed by atoms with Gasteiger partial charge in [0.25, 0.3) is 0 Å². The summed E-state index contributed by atoms with van der Waals surface area (Å²) in [6, 6.07) is 0. The van der Waals surface area contributed by atoms with Gasteiger partial charge in [-0.2, -0.15) is 0 Å². The fourth-order valence-electron chi connectivity index (χ4n) is 4.26. The second kappa shape index (κ2) is 10.9. The van der Waals surface area contributed by atoms with Gasteiger partial charge in [0.15, 0.2) is 6.10 Å². The number of aliphatic hydroxyl groups excluding tert-OH is 1. The molecule has 2 aliphatic rings. The molecule has 10 heteroatoms. The minimum absolute atomic E-state index is 0.0410. The average molecular weight is 451 g/mol. The van der Waals surface area contributed by atoms with Gasteiger partial charge in [0.05, 0.1) is 37.1 Å². The molecule has 8 unspecified atom stereocenters. The summed E-state index contributed by atoms with van der Waals surface area (Å²) in [5.41, 5.74) is 0. The SMILES string of the molecule is CC(C)OCC1C(OP(=O)([O-])OC(=O)C2OC(C)CC2OC(C)C)CC(C)C1CO. The van der Waals surface area contributed by atoms with E-state index in [-0.39, 0.29) is 49.3 Å². The normalized spacial score (nSPS) is 36.4. The molecule has 1 aliphatic carbocycles. The third kappa shape index (κ3) is 6.99. The number of hydrogen-bond donors (Lipinski definition) is 1. The highest BCUT2D eigenvalue weighted by Crippen LogP contribution is 2.49. The predicted molar refractivity (Wildman–Crippen MR) is 106 cm³/mol. The lowest BCUT2D eigenvalue weighted by Gasteiger charge is -2.31. The van der Waals surface area contributed by atoms with Crippen molar-refractivity contribution in [3.63, 3.8) is 0 Å². The van der Waals surface area contributed by atoms with Gasteiger partial charge in [0, 0.05) is 18.9 Å². The molecule has 0 aromatic heterocycles. The first kappa shape index (κ1) is 25.7. The van der Waals surface area contributed by atoms with E-state index < -0.39 is 32.1 Å². The zero-order chi connectivity index (χ0) is 22.6. The fraction of sp³-hybridized carbons (Fsp3) is 0.950. The molecule has 2 fully saturated rings. The lowest BCUT2D eigenvalue weighted by Crippen LogP contribution is -2.37. The van der Waals surface area contributed by atoms with E-state index in [0.717, 1.165) is 0 Å². The van der Waals surface area contributed by atoms with E-state index in [4.69, 9.17) is 23.3 Å².